The van der Waals surface area contributed by atoms with Crippen LogP contribution >= 0.6 is 24.0 Å². The van der Waals surface area contributed by atoms with Crippen molar-refractivity contribution < 1.29 is 0 Å². The van der Waals surface area contributed by atoms with Crippen molar-refractivity contribution in [3.63, 3.8) is 0 Å². The van der Waals surface area contributed by atoms with Crippen LogP contribution in [-0.4, -0.2) is 71.9 Å². The molecular formula is C20H37IN6. The summed E-state index contributed by atoms with van der Waals surface area (Å²) in [5.41, 5.74) is 1.35. The molecule has 0 saturated carbocycles. The molecule has 0 spiro atoms. The number of hydrogen-bond donors (Lipinski definition) is 1. The van der Waals surface area contributed by atoms with Crippen LogP contribution in [0.25, 0.3) is 0 Å². The third kappa shape index (κ3) is 6.62. The average molecular weight is 488 g/mol. The average Bonchev–Trinajstić information content (AvgIpc) is 3.29. The van der Waals surface area contributed by atoms with Crippen LogP contribution in [0.4, 0.5) is 0 Å². The van der Waals surface area contributed by atoms with Crippen LogP contribution in [0.3, 0.4) is 0 Å². The second-order valence-electron chi connectivity index (χ2n) is 8.08. The van der Waals surface area contributed by atoms with Gasteiger partial charge in [0.1, 0.15) is 0 Å². The Hall–Kier alpha value is -0.830. The molecule has 2 aliphatic rings. The molecule has 0 bridgehead atoms. The first-order valence-electron chi connectivity index (χ1n) is 10.3. The van der Waals surface area contributed by atoms with E-state index in [1.165, 1.54) is 57.3 Å². The molecule has 0 amide bonds. The maximum Gasteiger partial charge on any atom is 0.193 e. The van der Waals surface area contributed by atoms with Crippen LogP contribution in [0.15, 0.2) is 17.4 Å². The molecule has 1 aromatic heterocycles. The minimum absolute atomic E-state index is 0. The zero-order valence-electron chi connectivity index (χ0n) is 17.2. The Balaban J connectivity index is 0.00000261. The van der Waals surface area contributed by atoms with E-state index in [9.17, 15) is 0 Å². The lowest BCUT2D eigenvalue weighted by Crippen LogP contribution is -2.40. The standard InChI is InChI=1S/C20H36N6.HI/c1-17-6-11-25(12-7-17)10-5-4-9-22-20(21-2)26-13-8-18(16-26)19-14-23-24(3)15-19;/h14-15,17-18H,4-13,16H2,1-3H3,(H,21,22);1H. The Bertz CT molecular complexity index is 579. The highest BCUT2D eigenvalue weighted by atomic mass is 127. The maximum absolute atomic E-state index is 4.50. The summed E-state index contributed by atoms with van der Waals surface area (Å²) in [7, 11) is 3.88. The molecule has 3 rings (SSSR count). The topological polar surface area (TPSA) is 48.7 Å². The van der Waals surface area contributed by atoms with Crippen molar-refractivity contribution in [1.29, 1.82) is 0 Å². The van der Waals surface area contributed by atoms with Crippen molar-refractivity contribution in [2.75, 3.05) is 46.3 Å². The van der Waals surface area contributed by atoms with Crippen LogP contribution in [-0.2, 0) is 7.05 Å². The zero-order valence-corrected chi connectivity index (χ0v) is 19.6. The number of rotatable bonds is 6. The Labute approximate surface area is 181 Å². The van der Waals surface area contributed by atoms with Gasteiger partial charge in [-0.15, -0.1) is 24.0 Å². The zero-order chi connectivity index (χ0) is 18.4. The number of halogens is 1. The smallest absolute Gasteiger partial charge is 0.193 e. The van der Waals surface area contributed by atoms with E-state index in [0.717, 1.165) is 31.5 Å². The van der Waals surface area contributed by atoms with Gasteiger partial charge in [0.15, 0.2) is 5.96 Å². The van der Waals surface area contributed by atoms with Crippen LogP contribution in [0.2, 0.25) is 0 Å². The van der Waals surface area contributed by atoms with Gasteiger partial charge in [-0.3, -0.25) is 9.67 Å². The van der Waals surface area contributed by atoms with Crippen molar-refractivity contribution in [3.8, 4) is 0 Å². The molecule has 6 nitrogen and oxygen atoms in total. The van der Waals surface area contributed by atoms with Crippen molar-refractivity contribution >= 4 is 29.9 Å². The first kappa shape index (κ1) is 22.5. The van der Waals surface area contributed by atoms with Gasteiger partial charge >= 0.3 is 0 Å². The van der Waals surface area contributed by atoms with Crippen LogP contribution in [0, 0.1) is 5.92 Å². The predicted molar refractivity (Wildman–Crippen MR) is 123 cm³/mol. The van der Waals surface area contributed by atoms with Gasteiger partial charge in [0.25, 0.3) is 0 Å². The van der Waals surface area contributed by atoms with E-state index in [-0.39, 0.29) is 24.0 Å². The van der Waals surface area contributed by atoms with Gasteiger partial charge in [0.05, 0.1) is 6.20 Å². The second kappa shape index (κ2) is 11.2. The molecule has 3 heterocycles. The van der Waals surface area contributed by atoms with E-state index in [4.69, 9.17) is 0 Å². The fraction of sp³-hybridized carbons (Fsp3) is 0.800. The Morgan fingerprint density at radius 2 is 2.00 bits per heavy atom. The summed E-state index contributed by atoms with van der Waals surface area (Å²) in [4.78, 5) is 9.52. The van der Waals surface area contributed by atoms with Crippen molar-refractivity contribution in [2.45, 2.75) is 44.9 Å². The summed E-state index contributed by atoms with van der Waals surface area (Å²) >= 11 is 0. The van der Waals surface area contributed by atoms with Gasteiger partial charge in [0.2, 0.25) is 0 Å². The number of guanidine groups is 1. The predicted octanol–water partition coefficient (Wildman–Crippen LogP) is 2.91. The Morgan fingerprint density at radius 3 is 2.67 bits per heavy atom. The number of nitrogens with one attached hydrogen (secondary N) is 1. The van der Waals surface area contributed by atoms with Crippen molar-refractivity contribution in [3.05, 3.63) is 18.0 Å². The molecule has 7 heteroatoms. The fourth-order valence-corrected chi connectivity index (χ4v) is 4.15. The van der Waals surface area contributed by atoms with Gasteiger partial charge in [-0.2, -0.15) is 5.10 Å². The first-order chi connectivity index (χ1) is 12.7. The quantitative estimate of drug-likeness (QED) is 0.290. The number of hydrogen-bond acceptors (Lipinski definition) is 3. The third-order valence-electron chi connectivity index (χ3n) is 5.96. The fourth-order valence-electron chi connectivity index (χ4n) is 4.15. The van der Waals surface area contributed by atoms with Gasteiger partial charge < -0.3 is 15.1 Å². The van der Waals surface area contributed by atoms with E-state index in [2.05, 4.69) is 38.3 Å². The molecule has 154 valence electrons. The van der Waals surface area contributed by atoms with Gasteiger partial charge in [-0.25, -0.2) is 0 Å². The van der Waals surface area contributed by atoms with E-state index in [1.54, 1.807) is 0 Å². The number of likely N-dealkylation sites (tertiary alicyclic amines) is 2. The van der Waals surface area contributed by atoms with Gasteiger partial charge in [-0.05, 0) is 63.2 Å². The molecule has 27 heavy (non-hydrogen) atoms. The van der Waals surface area contributed by atoms with Crippen LogP contribution < -0.4 is 5.32 Å². The normalized spacial score (nSPS) is 22.1. The highest BCUT2D eigenvalue weighted by molar-refractivity contribution is 14.0. The third-order valence-corrected chi connectivity index (χ3v) is 5.96. The highest BCUT2D eigenvalue weighted by Gasteiger charge is 2.26. The summed E-state index contributed by atoms with van der Waals surface area (Å²) in [6.45, 7) is 9.34. The summed E-state index contributed by atoms with van der Waals surface area (Å²) in [6, 6.07) is 0. The molecule has 0 radical (unpaired) electrons. The van der Waals surface area contributed by atoms with E-state index in [0.29, 0.717) is 5.92 Å². The maximum atomic E-state index is 4.50. The van der Waals surface area contributed by atoms with E-state index >= 15 is 0 Å². The molecule has 1 N–H and O–H groups in total. The molecular weight excluding hydrogens is 451 g/mol. The first-order valence-corrected chi connectivity index (χ1v) is 10.3. The molecule has 1 aromatic rings. The number of aryl methyl sites for hydroxylation is 1. The largest absolute Gasteiger partial charge is 0.356 e. The Morgan fingerprint density at radius 1 is 1.22 bits per heavy atom. The van der Waals surface area contributed by atoms with Crippen molar-refractivity contribution in [1.82, 2.24) is 24.9 Å². The lowest BCUT2D eigenvalue weighted by molar-refractivity contribution is 0.189. The Kier molecular flexibility index (Phi) is 9.35. The summed E-state index contributed by atoms with van der Waals surface area (Å²) in [5.74, 6) is 2.55. The number of nitrogens with zero attached hydrogens (tertiary/aromatic N) is 5. The number of aromatic nitrogens is 2. The van der Waals surface area contributed by atoms with Crippen LogP contribution in [0.5, 0.6) is 0 Å². The minimum Gasteiger partial charge on any atom is -0.356 e. The minimum atomic E-state index is 0. The molecule has 0 aromatic carbocycles. The number of aliphatic imine (C=N–C) groups is 1. The lowest BCUT2D eigenvalue weighted by Gasteiger charge is -2.30. The monoisotopic (exact) mass is 488 g/mol. The molecule has 2 saturated heterocycles. The molecule has 1 atom stereocenters. The molecule has 1 unspecified atom stereocenters. The van der Waals surface area contributed by atoms with Gasteiger partial charge in [-0.1, -0.05) is 6.92 Å². The molecule has 2 aliphatic heterocycles. The van der Waals surface area contributed by atoms with Crippen LogP contribution in [0.1, 0.15) is 50.5 Å². The summed E-state index contributed by atoms with van der Waals surface area (Å²) in [6.07, 6.45) is 10.6. The number of piperidine rings is 1. The number of unbranched alkanes of at least 4 members (excludes halogenated alkanes) is 1. The summed E-state index contributed by atoms with van der Waals surface area (Å²) < 4.78 is 1.90. The second-order valence-corrected chi connectivity index (χ2v) is 8.08. The molecule has 2 fully saturated rings. The highest BCUT2D eigenvalue weighted by Crippen LogP contribution is 2.26. The SMILES string of the molecule is CN=C(NCCCCN1CCC(C)CC1)N1CCC(c2cnn(C)c2)C1.I. The van der Waals surface area contributed by atoms with Gasteiger partial charge in [0, 0.05) is 45.8 Å². The van der Waals surface area contributed by atoms with Crippen molar-refractivity contribution in [2.24, 2.45) is 18.0 Å². The van der Waals surface area contributed by atoms with E-state index < -0.39 is 0 Å². The molecule has 0 aliphatic carbocycles. The summed E-state index contributed by atoms with van der Waals surface area (Å²) in [5, 5.41) is 7.88. The van der Waals surface area contributed by atoms with E-state index in [1.807, 2.05) is 25.0 Å². The lowest BCUT2D eigenvalue weighted by atomic mass is 9.99.